The number of hydrogen-bond donors (Lipinski definition) is 2. The zero-order chi connectivity index (χ0) is 13.4. The quantitative estimate of drug-likeness (QED) is 0.789. The van der Waals surface area contributed by atoms with Crippen molar-refractivity contribution in [3.05, 3.63) is 29.3 Å². The number of hydrogen-bond acceptors (Lipinski definition) is 3. The van der Waals surface area contributed by atoms with E-state index >= 15 is 0 Å². The van der Waals surface area contributed by atoms with Crippen LogP contribution in [0.5, 0.6) is 0 Å². The van der Waals surface area contributed by atoms with Gasteiger partial charge in [0.05, 0.1) is 5.69 Å². The monoisotopic (exact) mass is 247 g/mol. The van der Waals surface area contributed by atoms with Crippen molar-refractivity contribution in [3.63, 3.8) is 0 Å². The van der Waals surface area contributed by atoms with Crippen LogP contribution in [0.1, 0.15) is 18.1 Å². The molecule has 4 nitrogen and oxygen atoms in total. The topological polar surface area (TPSA) is 58.6 Å². The Hall–Kier alpha value is -1.83. The second-order valence-corrected chi connectivity index (χ2v) is 3.69. The van der Waals surface area contributed by atoms with Crippen molar-refractivity contribution in [3.8, 4) is 11.8 Å². The summed E-state index contributed by atoms with van der Waals surface area (Å²) in [6, 6.07) is 5.54. The van der Waals surface area contributed by atoms with Crippen molar-refractivity contribution >= 4 is 11.6 Å². The van der Waals surface area contributed by atoms with E-state index < -0.39 is 0 Å². The Kier molecular flexibility index (Phi) is 5.92. The molecule has 0 fully saturated rings. The van der Waals surface area contributed by atoms with E-state index in [1.54, 1.807) is 6.07 Å². The molecule has 0 heterocycles. The molecule has 0 aliphatic heterocycles. The van der Waals surface area contributed by atoms with Crippen LogP contribution in [0, 0.1) is 18.8 Å². The lowest BCUT2D eigenvalue weighted by molar-refractivity contribution is -0.120. The summed E-state index contributed by atoms with van der Waals surface area (Å²) in [5.41, 5.74) is 2.36. The Morgan fingerprint density at radius 3 is 2.94 bits per heavy atom. The smallest absolute Gasteiger partial charge is 0.250 e. The van der Waals surface area contributed by atoms with Crippen LogP contribution in [0.4, 0.5) is 5.69 Å². The summed E-state index contributed by atoms with van der Waals surface area (Å²) in [4.78, 5) is 11.5. The molecule has 0 radical (unpaired) electrons. The fourth-order valence-electron chi connectivity index (χ4n) is 1.39. The molecule has 0 aromatic heterocycles. The minimum Gasteiger partial charge on any atom is -0.384 e. The first-order valence-electron chi connectivity index (χ1n) is 5.75. The van der Waals surface area contributed by atoms with Crippen LogP contribution in [-0.2, 0) is 9.53 Å². The Morgan fingerprint density at radius 1 is 1.50 bits per heavy atom. The lowest BCUT2D eigenvalue weighted by atomic mass is 10.1. The number of nitrogens with one attached hydrogen (secondary N) is 1. The summed E-state index contributed by atoms with van der Waals surface area (Å²) in [6.45, 7) is 4.09. The molecule has 4 heteroatoms. The van der Waals surface area contributed by atoms with Crippen molar-refractivity contribution in [1.82, 2.24) is 0 Å². The van der Waals surface area contributed by atoms with Crippen LogP contribution >= 0.6 is 0 Å². The molecular formula is C14H17NO3. The molecule has 2 N–H and O–H groups in total. The van der Waals surface area contributed by atoms with Gasteiger partial charge in [0, 0.05) is 12.2 Å². The van der Waals surface area contributed by atoms with Crippen LogP contribution in [0.2, 0.25) is 0 Å². The minimum absolute atomic E-state index is 0.0250. The van der Waals surface area contributed by atoms with Crippen LogP contribution in [0.25, 0.3) is 0 Å². The molecule has 96 valence electrons. The number of amides is 1. The summed E-state index contributed by atoms with van der Waals surface area (Å²) in [7, 11) is 0. The number of aryl methyl sites for hydroxylation is 1. The van der Waals surface area contributed by atoms with Gasteiger partial charge < -0.3 is 15.2 Å². The van der Waals surface area contributed by atoms with E-state index in [0.29, 0.717) is 17.9 Å². The average molecular weight is 247 g/mol. The number of carbonyl (C=O) groups excluding carboxylic acids is 1. The molecule has 0 aliphatic carbocycles. The first-order chi connectivity index (χ1) is 8.67. The molecule has 0 spiro atoms. The van der Waals surface area contributed by atoms with Gasteiger partial charge in [0.1, 0.15) is 13.2 Å². The van der Waals surface area contributed by atoms with E-state index in [-0.39, 0.29) is 19.1 Å². The second kappa shape index (κ2) is 7.49. The molecule has 1 aromatic rings. The van der Waals surface area contributed by atoms with Gasteiger partial charge in [0.15, 0.2) is 0 Å². The normalized spacial score (nSPS) is 9.50. The van der Waals surface area contributed by atoms with E-state index in [4.69, 9.17) is 9.84 Å². The predicted octanol–water partition coefficient (Wildman–Crippen LogP) is 1.31. The van der Waals surface area contributed by atoms with Crippen molar-refractivity contribution in [2.24, 2.45) is 0 Å². The second-order valence-electron chi connectivity index (χ2n) is 3.69. The highest BCUT2D eigenvalue weighted by Gasteiger charge is 2.05. The van der Waals surface area contributed by atoms with Crippen molar-refractivity contribution in [1.29, 1.82) is 0 Å². The third-order valence-corrected chi connectivity index (χ3v) is 2.19. The predicted molar refractivity (Wildman–Crippen MR) is 70.3 cm³/mol. The highest BCUT2D eigenvalue weighted by molar-refractivity contribution is 5.93. The fourth-order valence-corrected chi connectivity index (χ4v) is 1.39. The van der Waals surface area contributed by atoms with E-state index in [1.165, 1.54) is 0 Å². The summed E-state index contributed by atoms with van der Waals surface area (Å²) in [5, 5.41) is 11.4. The van der Waals surface area contributed by atoms with Crippen molar-refractivity contribution in [2.45, 2.75) is 13.8 Å². The maximum Gasteiger partial charge on any atom is 0.250 e. The number of ether oxygens (including phenoxy) is 1. The molecule has 1 rings (SSSR count). The van der Waals surface area contributed by atoms with Gasteiger partial charge in [-0.15, -0.1) is 0 Å². The number of aliphatic hydroxyl groups is 1. The van der Waals surface area contributed by atoms with Gasteiger partial charge in [-0.2, -0.15) is 0 Å². The molecule has 0 aliphatic rings. The summed E-state index contributed by atoms with van der Waals surface area (Å²) in [6.07, 6.45) is 0. The Labute approximate surface area is 107 Å². The van der Waals surface area contributed by atoms with E-state index in [9.17, 15) is 4.79 Å². The van der Waals surface area contributed by atoms with Gasteiger partial charge >= 0.3 is 0 Å². The van der Waals surface area contributed by atoms with Crippen LogP contribution < -0.4 is 5.32 Å². The van der Waals surface area contributed by atoms with Crippen molar-refractivity contribution in [2.75, 3.05) is 25.1 Å². The molecular weight excluding hydrogens is 230 g/mol. The third kappa shape index (κ3) is 4.58. The van der Waals surface area contributed by atoms with Gasteiger partial charge in [-0.1, -0.05) is 17.9 Å². The van der Waals surface area contributed by atoms with Gasteiger partial charge in [-0.05, 0) is 31.5 Å². The Bertz CT molecular complexity index is 472. The van der Waals surface area contributed by atoms with Gasteiger partial charge in [-0.3, -0.25) is 4.79 Å². The first kappa shape index (κ1) is 14.2. The number of aliphatic hydroxyl groups excluding tert-OH is 1. The maximum absolute atomic E-state index is 11.5. The lowest BCUT2D eigenvalue weighted by Crippen LogP contribution is -2.18. The molecule has 18 heavy (non-hydrogen) atoms. The van der Waals surface area contributed by atoms with Crippen LogP contribution in [0.3, 0.4) is 0 Å². The minimum atomic E-state index is -0.215. The molecule has 0 atom stereocenters. The molecule has 1 amide bonds. The maximum atomic E-state index is 11.5. The Morgan fingerprint density at radius 2 is 2.28 bits per heavy atom. The third-order valence-electron chi connectivity index (χ3n) is 2.19. The SMILES string of the molecule is CCOCC(=O)Nc1ccc(C)cc1C#CCO. The van der Waals surface area contributed by atoms with Crippen LogP contribution in [-0.4, -0.2) is 30.8 Å². The first-order valence-corrected chi connectivity index (χ1v) is 5.75. The van der Waals surface area contributed by atoms with E-state index in [0.717, 1.165) is 5.56 Å². The highest BCUT2D eigenvalue weighted by Crippen LogP contribution is 2.16. The summed E-state index contributed by atoms with van der Waals surface area (Å²) in [5.74, 6) is 5.17. The standard InChI is InChI=1S/C14H17NO3/c1-3-18-10-14(17)15-13-7-6-11(2)9-12(13)5-4-8-16/h6-7,9,16H,3,8,10H2,1-2H3,(H,15,17). The Balaban J connectivity index is 2.84. The van der Waals surface area contributed by atoms with E-state index in [1.807, 2.05) is 26.0 Å². The molecule has 0 saturated heterocycles. The molecule has 0 saturated carbocycles. The van der Waals surface area contributed by atoms with Gasteiger partial charge in [0.2, 0.25) is 5.91 Å². The summed E-state index contributed by atoms with van der Waals surface area (Å²) < 4.78 is 5.02. The number of benzene rings is 1. The van der Waals surface area contributed by atoms with Crippen molar-refractivity contribution < 1.29 is 14.6 Å². The van der Waals surface area contributed by atoms with Crippen LogP contribution in [0.15, 0.2) is 18.2 Å². The molecule has 0 unspecified atom stereocenters. The number of rotatable bonds is 4. The highest BCUT2D eigenvalue weighted by atomic mass is 16.5. The zero-order valence-electron chi connectivity index (χ0n) is 10.6. The average Bonchev–Trinajstić information content (AvgIpc) is 2.36. The molecule has 1 aromatic carbocycles. The van der Waals surface area contributed by atoms with Gasteiger partial charge in [0.25, 0.3) is 0 Å². The largest absolute Gasteiger partial charge is 0.384 e. The van der Waals surface area contributed by atoms with E-state index in [2.05, 4.69) is 17.2 Å². The van der Waals surface area contributed by atoms with Gasteiger partial charge in [-0.25, -0.2) is 0 Å². The molecule has 0 bridgehead atoms. The fraction of sp³-hybridized carbons (Fsp3) is 0.357. The lowest BCUT2D eigenvalue weighted by Gasteiger charge is -2.08. The zero-order valence-corrected chi connectivity index (χ0v) is 10.6. The number of anilines is 1. The number of carbonyl (C=O) groups is 1. The summed E-state index contributed by atoms with van der Waals surface area (Å²) >= 11 is 0.